The highest BCUT2D eigenvalue weighted by atomic mass is 16.2. The van der Waals surface area contributed by atoms with Crippen LogP contribution < -0.4 is 15.5 Å². The Morgan fingerprint density at radius 2 is 1.50 bits per heavy atom. The van der Waals surface area contributed by atoms with Crippen molar-refractivity contribution >= 4 is 40.2 Å². The molecule has 7 heteroatoms. The summed E-state index contributed by atoms with van der Waals surface area (Å²) in [6.45, 7) is 4.85. The minimum Gasteiger partial charge on any atom is -0.356 e. The number of hydrogen-bond acceptors (Lipinski definition) is 5. The molecule has 0 aliphatic carbocycles. The van der Waals surface area contributed by atoms with E-state index in [1.165, 1.54) is 20.3 Å². The van der Waals surface area contributed by atoms with E-state index in [0.717, 1.165) is 59.5 Å². The molecular weight excluding hydrogens is 378 g/mol. The van der Waals surface area contributed by atoms with Gasteiger partial charge in [-0.2, -0.15) is 4.98 Å². The maximum atomic E-state index is 11.5. The van der Waals surface area contributed by atoms with Crippen molar-refractivity contribution in [2.45, 2.75) is 33.1 Å². The molecule has 1 aliphatic heterocycles. The second-order valence-electron chi connectivity index (χ2n) is 7.59. The molecule has 2 heterocycles. The molecule has 0 atom stereocenters. The zero-order valence-electron chi connectivity index (χ0n) is 17.2. The van der Waals surface area contributed by atoms with E-state index in [-0.39, 0.29) is 11.8 Å². The van der Waals surface area contributed by atoms with Gasteiger partial charge in [-0.15, -0.1) is 0 Å². The molecule has 1 saturated heterocycles. The van der Waals surface area contributed by atoms with Crippen LogP contribution in [0, 0.1) is 0 Å². The number of nitrogens with zero attached hydrogens (tertiary/aromatic N) is 3. The first kappa shape index (κ1) is 19.8. The third-order valence-electron chi connectivity index (χ3n) is 5.16. The summed E-state index contributed by atoms with van der Waals surface area (Å²) in [5.41, 5.74) is 3.66. The molecular formula is C23H25N5O2. The third-order valence-corrected chi connectivity index (χ3v) is 5.16. The standard InChI is InChI=1S/C23H25N5O2/c1-15(29)24-19-9-6-17(7-10-19)18-8-11-21-20(14-18)22(28-12-4-3-5-13-28)27-23(26-21)25-16(2)30/h6-11,14H,3-5,12-13H2,1-2H3,(H,24,29)(H,25,26,27,30). The SMILES string of the molecule is CC(=O)Nc1ccc(-c2ccc3nc(NC(C)=O)nc(N4CCCCC4)c3c2)cc1. The Labute approximate surface area is 175 Å². The average Bonchev–Trinajstić information content (AvgIpc) is 2.73. The molecule has 154 valence electrons. The quantitative estimate of drug-likeness (QED) is 0.682. The van der Waals surface area contributed by atoms with Crippen LogP contribution >= 0.6 is 0 Å². The molecule has 4 rings (SSSR count). The van der Waals surface area contributed by atoms with Crippen molar-refractivity contribution in [2.75, 3.05) is 28.6 Å². The number of hydrogen-bond donors (Lipinski definition) is 2. The van der Waals surface area contributed by atoms with Crippen molar-refractivity contribution in [1.82, 2.24) is 9.97 Å². The first-order chi connectivity index (χ1) is 14.5. The molecule has 2 amide bonds. The van der Waals surface area contributed by atoms with Crippen molar-refractivity contribution in [3.63, 3.8) is 0 Å². The number of amides is 2. The first-order valence-electron chi connectivity index (χ1n) is 10.2. The molecule has 0 saturated carbocycles. The van der Waals surface area contributed by atoms with Gasteiger partial charge in [0.25, 0.3) is 0 Å². The topological polar surface area (TPSA) is 87.2 Å². The van der Waals surface area contributed by atoms with Gasteiger partial charge in [-0.3, -0.25) is 14.9 Å². The summed E-state index contributed by atoms with van der Waals surface area (Å²) in [6, 6.07) is 13.8. The Bertz CT molecular complexity index is 1090. The second-order valence-corrected chi connectivity index (χ2v) is 7.59. The molecule has 0 radical (unpaired) electrons. The predicted octanol–water partition coefficient (Wildman–Crippen LogP) is 4.20. The van der Waals surface area contributed by atoms with Crippen LogP contribution in [0.5, 0.6) is 0 Å². The third kappa shape index (κ3) is 4.40. The van der Waals surface area contributed by atoms with Crippen LogP contribution in [-0.4, -0.2) is 34.9 Å². The molecule has 0 unspecified atom stereocenters. The molecule has 7 nitrogen and oxygen atoms in total. The molecule has 1 fully saturated rings. The zero-order chi connectivity index (χ0) is 21.1. The van der Waals surface area contributed by atoms with E-state index in [9.17, 15) is 9.59 Å². The van der Waals surface area contributed by atoms with Crippen molar-refractivity contribution in [3.8, 4) is 11.1 Å². The van der Waals surface area contributed by atoms with Crippen molar-refractivity contribution in [1.29, 1.82) is 0 Å². The normalized spacial score (nSPS) is 13.9. The van der Waals surface area contributed by atoms with Gasteiger partial charge in [0, 0.05) is 38.0 Å². The fourth-order valence-corrected chi connectivity index (χ4v) is 3.80. The van der Waals surface area contributed by atoms with Crippen molar-refractivity contribution in [3.05, 3.63) is 42.5 Å². The van der Waals surface area contributed by atoms with E-state index in [0.29, 0.717) is 5.95 Å². The van der Waals surface area contributed by atoms with Crippen LogP contribution in [0.3, 0.4) is 0 Å². The van der Waals surface area contributed by atoms with Crippen molar-refractivity contribution in [2.24, 2.45) is 0 Å². The van der Waals surface area contributed by atoms with E-state index >= 15 is 0 Å². The van der Waals surface area contributed by atoms with Crippen LogP contribution in [-0.2, 0) is 9.59 Å². The molecule has 2 N–H and O–H groups in total. The van der Waals surface area contributed by atoms with Gasteiger partial charge in [0.1, 0.15) is 5.82 Å². The fraction of sp³-hybridized carbons (Fsp3) is 0.304. The number of fused-ring (bicyclic) bond motifs is 1. The summed E-state index contributed by atoms with van der Waals surface area (Å²) in [5.74, 6) is 0.921. The first-order valence-corrected chi connectivity index (χ1v) is 10.2. The van der Waals surface area contributed by atoms with Gasteiger partial charge in [0.2, 0.25) is 17.8 Å². The van der Waals surface area contributed by atoms with Crippen molar-refractivity contribution < 1.29 is 9.59 Å². The molecule has 3 aromatic rings. The number of aromatic nitrogens is 2. The molecule has 2 aromatic carbocycles. The lowest BCUT2D eigenvalue weighted by Crippen LogP contribution is -2.30. The van der Waals surface area contributed by atoms with E-state index < -0.39 is 0 Å². The lowest BCUT2D eigenvalue weighted by molar-refractivity contribution is -0.115. The Morgan fingerprint density at radius 3 is 2.17 bits per heavy atom. The zero-order valence-corrected chi connectivity index (χ0v) is 17.2. The minimum absolute atomic E-state index is 0.0910. The van der Waals surface area contributed by atoms with Crippen LogP contribution in [0.25, 0.3) is 22.0 Å². The number of piperidine rings is 1. The number of benzene rings is 2. The van der Waals surface area contributed by atoms with Gasteiger partial charge in [-0.1, -0.05) is 18.2 Å². The van der Waals surface area contributed by atoms with Gasteiger partial charge < -0.3 is 10.2 Å². The highest BCUT2D eigenvalue weighted by Crippen LogP contribution is 2.32. The summed E-state index contributed by atoms with van der Waals surface area (Å²) < 4.78 is 0. The number of rotatable bonds is 4. The van der Waals surface area contributed by atoms with Crippen LogP contribution in [0.15, 0.2) is 42.5 Å². The monoisotopic (exact) mass is 403 g/mol. The fourth-order valence-electron chi connectivity index (χ4n) is 3.80. The lowest BCUT2D eigenvalue weighted by atomic mass is 10.0. The Kier molecular flexibility index (Phi) is 5.61. The summed E-state index contributed by atoms with van der Waals surface area (Å²) in [4.78, 5) is 34.3. The highest BCUT2D eigenvalue weighted by molar-refractivity contribution is 5.96. The Morgan fingerprint density at radius 1 is 0.833 bits per heavy atom. The number of carbonyl (C=O) groups excluding carboxylic acids is 2. The van der Waals surface area contributed by atoms with E-state index in [2.05, 4.69) is 31.6 Å². The Hall–Kier alpha value is -3.48. The van der Waals surface area contributed by atoms with Crippen LogP contribution in [0.4, 0.5) is 17.5 Å². The van der Waals surface area contributed by atoms with E-state index in [4.69, 9.17) is 0 Å². The number of carbonyl (C=O) groups is 2. The molecule has 1 aromatic heterocycles. The number of anilines is 3. The van der Waals surface area contributed by atoms with Gasteiger partial charge >= 0.3 is 0 Å². The summed E-state index contributed by atoms with van der Waals surface area (Å²) >= 11 is 0. The second kappa shape index (κ2) is 8.49. The molecule has 1 aliphatic rings. The minimum atomic E-state index is -0.185. The van der Waals surface area contributed by atoms with E-state index in [1.54, 1.807) is 0 Å². The van der Waals surface area contributed by atoms with E-state index in [1.807, 2.05) is 36.4 Å². The maximum absolute atomic E-state index is 11.5. The summed E-state index contributed by atoms with van der Waals surface area (Å²) in [7, 11) is 0. The average molecular weight is 403 g/mol. The maximum Gasteiger partial charge on any atom is 0.231 e. The van der Waals surface area contributed by atoms with Gasteiger partial charge in [-0.25, -0.2) is 4.98 Å². The highest BCUT2D eigenvalue weighted by Gasteiger charge is 2.18. The lowest BCUT2D eigenvalue weighted by Gasteiger charge is -2.29. The van der Waals surface area contributed by atoms with Gasteiger partial charge in [0.05, 0.1) is 5.52 Å². The van der Waals surface area contributed by atoms with Gasteiger partial charge in [-0.05, 0) is 54.7 Å². The summed E-state index contributed by atoms with van der Waals surface area (Å²) in [6.07, 6.45) is 3.49. The molecule has 30 heavy (non-hydrogen) atoms. The Balaban J connectivity index is 1.76. The van der Waals surface area contributed by atoms with Crippen LogP contribution in [0.2, 0.25) is 0 Å². The smallest absolute Gasteiger partial charge is 0.231 e. The largest absolute Gasteiger partial charge is 0.356 e. The molecule has 0 bridgehead atoms. The molecule has 0 spiro atoms. The van der Waals surface area contributed by atoms with Gasteiger partial charge in [0.15, 0.2) is 0 Å². The van der Waals surface area contributed by atoms with Crippen LogP contribution in [0.1, 0.15) is 33.1 Å². The number of nitrogens with one attached hydrogen (secondary N) is 2. The summed E-state index contributed by atoms with van der Waals surface area (Å²) in [5, 5.41) is 6.48. The predicted molar refractivity (Wildman–Crippen MR) is 120 cm³/mol.